The van der Waals surface area contributed by atoms with Gasteiger partial charge < -0.3 is 20.1 Å². The molecule has 0 saturated heterocycles. The Labute approximate surface area is 180 Å². The Morgan fingerprint density at radius 1 is 1.21 bits per heavy atom. The lowest BCUT2D eigenvalue weighted by Gasteiger charge is -2.13. The average Bonchev–Trinajstić information content (AvgIpc) is 2.64. The normalized spacial score (nSPS) is 11.0. The molecule has 1 heterocycles. The van der Waals surface area contributed by atoms with E-state index in [1.807, 2.05) is 32.0 Å². The molecule has 1 aromatic heterocycles. The number of hydrogen-bond acceptors (Lipinski definition) is 4. The number of pyridine rings is 1. The first-order chi connectivity index (χ1) is 13.0. The first-order valence-electron chi connectivity index (χ1n) is 8.58. The van der Waals surface area contributed by atoms with E-state index in [4.69, 9.17) is 4.74 Å². The maximum absolute atomic E-state index is 12.6. The average molecular weight is 506 g/mol. The molecule has 2 aromatic rings. The Morgan fingerprint density at radius 2 is 2.00 bits per heavy atom. The molecule has 0 radical (unpaired) electrons. The van der Waals surface area contributed by atoms with E-state index in [0.717, 1.165) is 11.4 Å². The minimum atomic E-state index is -2.90. The number of alkyl halides is 2. The molecule has 2 rings (SSSR count). The van der Waals surface area contributed by atoms with E-state index >= 15 is 0 Å². The molecule has 0 aliphatic rings. The molecule has 28 heavy (non-hydrogen) atoms. The van der Waals surface area contributed by atoms with Crippen LogP contribution in [0.15, 0.2) is 41.4 Å². The largest absolute Gasteiger partial charge is 0.497 e. The number of aliphatic imine (C=N–C) groups is 1. The minimum Gasteiger partial charge on any atom is -0.497 e. The van der Waals surface area contributed by atoms with Crippen molar-refractivity contribution in [2.24, 2.45) is 4.99 Å². The van der Waals surface area contributed by atoms with E-state index in [1.54, 1.807) is 12.1 Å². The van der Waals surface area contributed by atoms with Gasteiger partial charge in [0, 0.05) is 17.8 Å². The summed E-state index contributed by atoms with van der Waals surface area (Å²) in [6.45, 7) is 2.27. The van der Waals surface area contributed by atoms with E-state index in [9.17, 15) is 8.78 Å². The fourth-order valence-corrected chi connectivity index (χ4v) is 2.40. The number of hydrogen-bond donors (Lipinski definition) is 2. The molecule has 0 bridgehead atoms. The van der Waals surface area contributed by atoms with Crippen molar-refractivity contribution in [3.8, 4) is 11.5 Å². The van der Waals surface area contributed by atoms with Crippen LogP contribution in [-0.4, -0.2) is 31.2 Å². The monoisotopic (exact) mass is 506 g/mol. The van der Waals surface area contributed by atoms with Gasteiger partial charge in [-0.3, -0.25) is 4.98 Å². The van der Waals surface area contributed by atoms with E-state index in [0.29, 0.717) is 30.4 Å². The zero-order valence-electron chi connectivity index (χ0n) is 16.0. The van der Waals surface area contributed by atoms with Gasteiger partial charge in [0.05, 0.1) is 25.9 Å². The minimum absolute atomic E-state index is 0. The van der Waals surface area contributed by atoms with Gasteiger partial charge in [-0.05, 0) is 44.2 Å². The number of aromatic nitrogens is 1. The van der Waals surface area contributed by atoms with Crippen LogP contribution in [0, 0.1) is 6.92 Å². The summed E-state index contributed by atoms with van der Waals surface area (Å²) in [6, 6.07) is 10.4. The van der Waals surface area contributed by atoms with Gasteiger partial charge >= 0.3 is 6.61 Å². The standard InChI is InChI=1S/C19H24F2N4O2.HI/c1-4-22-19(24-12-15-7-5-6-13(2)25-15)23-11-14-10-16(26-3)8-9-17(14)27-18(20)21;/h5-10,18H,4,11-12H2,1-3H3,(H2,22,23,24);1H. The third kappa shape index (κ3) is 7.83. The first-order valence-corrected chi connectivity index (χ1v) is 8.58. The summed E-state index contributed by atoms with van der Waals surface area (Å²) in [5, 5.41) is 6.30. The second-order valence-electron chi connectivity index (χ2n) is 5.67. The SMILES string of the molecule is CCNC(=NCc1cc(OC)ccc1OC(F)F)NCc1cccc(C)n1.I. The van der Waals surface area contributed by atoms with Crippen LogP contribution in [0.1, 0.15) is 23.9 Å². The fourth-order valence-electron chi connectivity index (χ4n) is 2.40. The Balaban J connectivity index is 0.00000392. The summed E-state index contributed by atoms with van der Waals surface area (Å²) in [4.78, 5) is 8.88. The first kappa shape index (κ1) is 23.9. The van der Waals surface area contributed by atoms with Crippen LogP contribution in [0.5, 0.6) is 11.5 Å². The third-order valence-corrected chi connectivity index (χ3v) is 3.62. The van der Waals surface area contributed by atoms with E-state index in [2.05, 4.69) is 25.3 Å². The number of rotatable bonds is 8. The molecule has 0 amide bonds. The molecular weight excluding hydrogens is 481 g/mol. The van der Waals surface area contributed by atoms with Crippen LogP contribution < -0.4 is 20.1 Å². The molecule has 6 nitrogen and oxygen atoms in total. The summed E-state index contributed by atoms with van der Waals surface area (Å²) < 4.78 is 35.0. The van der Waals surface area contributed by atoms with Crippen LogP contribution in [0.4, 0.5) is 8.78 Å². The molecule has 9 heteroatoms. The maximum atomic E-state index is 12.6. The van der Waals surface area contributed by atoms with Gasteiger partial charge in [0.25, 0.3) is 0 Å². The quantitative estimate of drug-likeness (QED) is 0.323. The molecule has 0 saturated carbocycles. The van der Waals surface area contributed by atoms with Crippen molar-refractivity contribution in [1.29, 1.82) is 0 Å². The van der Waals surface area contributed by atoms with Crippen molar-refractivity contribution in [2.75, 3.05) is 13.7 Å². The predicted molar refractivity (Wildman–Crippen MR) is 116 cm³/mol. The number of aryl methyl sites for hydroxylation is 1. The summed E-state index contributed by atoms with van der Waals surface area (Å²) in [5.74, 6) is 1.17. The topological polar surface area (TPSA) is 67.8 Å². The summed E-state index contributed by atoms with van der Waals surface area (Å²) in [7, 11) is 1.51. The van der Waals surface area contributed by atoms with Crippen LogP contribution in [0.3, 0.4) is 0 Å². The lowest BCUT2D eigenvalue weighted by Crippen LogP contribution is -2.37. The number of benzene rings is 1. The van der Waals surface area contributed by atoms with Crippen LogP contribution in [0.25, 0.3) is 0 Å². The molecule has 0 fully saturated rings. The van der Waals surface area contributed by atoms with Crippen molar-refractivity contribution < 1.29 is 18.3 Å². The highest BCUT2D eigenvalue weighted by atomic mass is 127. The summed E-state index contributed by atoms with van der Waals surface area (Å²) >= 11 is 0. The highest BCUT2D eigenvalue weighted by molar-refractivity contribution is 14.0. The second kappa shape index (κ2) is 12.3. The van der Waals surface area contributed by atoms with Crippen molar-refractivity contribution >= 4 is 29.9 Å². The van der Waals surface area contributed by atoms with Crippen molar-refractivity contribution in [3.63, 3.8) is 0 Å². The molecule has 0 spiro atoms. The number of nitrogens with zero attached hydrogens (tertiary/aromatic N) is 2. The summed E-state index contributed by atoms with van der Waals surface area (Å²) in [6.07, 6.45) is 0. The van der Waals surface area contributed by atoms with Crippen LogP contribution >= 0.6 is 24.0 Å². The van der Waals surface area contributed by atoms with Gasteiger partial charge in [0.15, 0.2) is 5.96 Å². The number of halogens is 3. The second-order valence-corrected chi connectivity index (χ2v) is 5.67. The van der Waals surface area contributed by atoms with E-state index in [1.165, 1.54) is 13.2 Å². The Kier molecular flexibility index (Phi) is 10.5. The number of methoxy groups -OCH3 is 1. The molecule has 154 valence electrons. The molecule has 0 aliphatic carbocycles. The van der Waals surface area contributed by atoms with E-state index < -0.39 is 6.61 Å². The molecule has 0 aliphatic heterocycles. The molecule has 0 atom stereocenters. The predicted octanol–water partition coefficient (Wildman–Crippen LogP) is 3.87. The van der Waals surface area contributed by atoms with Gasteiger partial charge in [-0.25, -0.2) is 4.99 Å². The Bertz CT molecular complexity index is 775. The third-order valence-electron chi connectivity index (χ3n) is 3.62. The molecular formula is C19H25F2IN4O2. The smallest absolute Gasteiger partial charge is 0.387 e. The molecule has 0 unspecified atom stereocenters. The van der Waals surface area contributed by atoms with Crippen LogP contribution in [-0.2, 0) is 13.1 Å². The van der Waals surface area contributed by atoms with Crippen molar-refractivity contribution in [2.45, 2.75) is 33.5 Å². The zero-order valence-corrected chi connectivity index (χ0v) is 18.4. The van der Waals surface area contributed by atoms with Gasteiger partial charge in [-0.1, -0.05) is 6.07 Å². The zero-order chi connectivity index (χ0) is 19.6. The van der Waals surface area contributed by atoms with Crippen LogP contribution in [0.2, 0.25) is 0 Å². The highest BCUT2D eigenvalue weighted by Crippen LogP contribution is 2.26. The highest BCUT2D eigenvalue weighted by Gasteiger charge is 2.11. The van der Waals surface area contributed by atoms with E-state index in [-0.39, 0.29) is 36.3 Å². The van der Waals surface area contributed by atoms with Crippen molar-refractivity contribution in [1.82, 2.24) is 15.6 Å². The Morgan fingerprint density at radius 3 is 2.64 bits per heavy atom. The van der Waals surface area contributed by atoms with Gasteiger partial charge in [-0.15, -0.1) is 24.0 Å². The van der Waals surface area contributed by atoms with Crippen molar-refractivity contribution in [3.05, 3.63) is 53.3 Å². The molecule has 1 aromatic carbocycles. The fraction of sp³-hybridized carbons (Fsp3) is 0.368. The maximum Gasteiger partial charge on any atom is 0.387 e. The number of nitrogens with one attached hydrogen (secondary N) is 2. The Hall–Kier alpha value is -2.17. The van der Waals surface area contributed by atoms with Gasteiger partial charge in [0.1, 0.15) is 11.5 Å². The lowest BCUT2D eigenvalue weighted by molar-refractivity contribution is -0.0504. The number of ether oxygens (including phenoxy) is 2. The van der Waals surface area contributed by atoms with Gasteiger partial charge in [0.2, 0.25) is 0 Å². The van der Waals surface area contributed by atoms with Gasteiger partial charge in [-0.2, -0.15) is 8.78 Å². The summed E-state index contributed by atoms with van der Waals surface area (Å²) in [5.41, 5.74) is 2.31. The number of guanidine groups is 1. The lowest BCUT2D eigenvalue weighted by atomic mass is 10.2. The molecule has 2 N–H and O–H groups in total.